The standard InChI is InChI=1S/C8H16Br2O/c1-3-4-8(5-9,6-10)7-11-2/h3-7H2,1-2H3. The van der Waals surface area contributed by atoms with E-state index in [-0.39, 0.29) is 0 Å². The zero-order valence-electron chi connectivity index (χ0n) is 7.20. The number of hydrogen-bond acceptors (Lipinski definition) is 1. The highest BCUT2D eigenvalue weighted by atomic mass is 79.9. The average Bonchev–Trinajstić information content (AvgIpc) is 2.04. The van der Waals surface area contributed by atoms with Gasteiger partial charge in [0.1, 0.15) is 0 Å². The molecule has 1 nitrogen and oxygen atoms in total. The topological polar surface area (TPSA) is 9.23 Å². The lowest BCUT2D eigenvalue weighted by Crippen LogP contribution is -2.30. The largest absolute Gasteiger partial charge is 0.384 e. The highest BCUT2D eigenvalue weighted by molar-refractivity contribution is 9.09. The van der Waals surface area contributed by atoms with Crippen molar-refractivity contribution in [3.63, 3.8) is 0 Å². The van der Waals surface area contributed by atoms with Crippen molar-refractivity contribution >= 4 is 31.9 Å². The number of alkyl halides is 2. The van der Waals surface area contributed by atoms with Gasteiger partial charge in [-0.2, -0.15) is 0 Å². The third kappa shape index (κ3) is 3.90. The molecule has 0 spiro atoms. The summed E-state index contributed by atoms with van der Waals surface area (Å²) >= 11 is 7.05. The normalized spacial score (nSPS) is 12.0. The van der Waals surface area contributed by atoms with E-state index in [1.54, 1.807) is 7.11 Å². The van der Waals surface area contributed by atoms with E-state index in [0.717, 1.165) is 17.3 Å². The van der Waals surface area contributed by atoms with Crippen LogP contribution in [0, 0.1) is 5.41 Å². The summed E-state index contributed by atoms with van der Waals surface area (Å²) in [5, 5.41) is 2.01. The van der Waals surface area contributed by atoms with Gasteiger partial charge >= 0.3 is 0 Å². The van der Waals surface area contributed by atoms with Gasteiger partial charge in [-0.25, -0.2) is 0 Å². The Bertz CT molecular complexity index is 84.1. The minimum absolute atomic E-state index is 0.295. The van der Waals surface area contributed by atoms with Gasteiger partial charge in [-0.3, -0.25) is 0 Å². The van der Waals surface area contributed by atoms with Crippen molar-refractivity contribution in [3.05, 3.63) is 0 Å². The molecule has 0 bridgehead atoms. The van der Waals surface area contributed by atoms with E-state index in [4.69, 9.17) is 4.74 Å². The zero-order valence-corrected chi connectivity index (χ0v) is 10.4. The van der Waals surface area contributed by atoms with Gasteiger partial charge in [0, 0.05) is 23.2 Å². The Balaban J connectivity index is 3.96. The Kier molecular flexibility index (Phi) is 6.98. The molecule has 0 atom stereocenters. The molecule has 0 saturated heterocycles. The van der Waals surface area contributed by atoms with Crippen LogP contribution in [0.3, 0.4) is 0 Å². The summed E-state index contributed by atoms with van der Waals surface area (Å²) in [5.41, 5.74) is 0.295. The van der Waals surface area contributed by atoms with Crippen LogP contribution in [-0.4, -0.2) is 24.4 Å². The lowest BCUT2D eigenvalue weighted by Gasteiger charge is -2.28. The maximum atomic E-state index is 5.18. The quantitative estimate of drug-likeness (QED) is 0.682. The highest BCUT2D eigenvalue weighted by Gasteiger charge is 2.26. The van der Waals surface area contributed by atoms with Gasteiger partial charge < -0.3 is 4.74 Å². The van der Waals surface area contributed by atoms with Crippen LogP contribution in [-0.2, 0) is 4.74 Å². The van der Waals surface area contributed by atoms with Crippen LogP contribution < -0.4 is 0 Å². The molecule has 0 aliphatic carbocycles. The van der Waals surface area contributed by atoms with Gasteiger partial charge in [0.2, 0.25) is 0 Å². The monoisotopic (exact) mass is 286 g/mol. The number of rotatable bonds is 6. The van der Waals surface area contributed by atoms with Gasteiger partial charge in [-0.1, -0.05) is 45.2 Å². The van der Waals surface area contributed by atoms with Crippen LogP contribution in [0.2, 0.25) is 0 Å². The van der Waals surface area contributed by atoms with Crippen LogP contribution in [0.4, 0.5) is 0 Å². The van der Waals surface area contributed by atoms with E-state index in [2.05, 4.69) is 38.8 Å². The molecule has 0 unspecified atom stereocenters. The van der Waals surface area contributed by atoms with Gasteiger partial charge in [0.05, 0.1) is 6.61 Å². The predicted octanol–water partition coefficient (Wildman–Crippen LogP) is 3.21. The first-order chi connectivity index (χ1) is 5.24. The first-order valence-corrected chi connectivity index (χ1v) is 6.10. The molecule has 0 aliphatic rings. The molecular weight excluding hydrogens is 272 g/mol. The molecule has 0 aliphatic heterocycles. The fourth-order valence-electron chi connectivity index (χ4n) is 1.16. The molecule has 0 radical (unpaired) electrons. The van der Waals surface area contributed by atoms with Crippen molar-refractivity contribution in [3.8, 4) is 0 Å². The first-order valence-electron chi connectivity index (χ1n) is 3.85. The summed E-state index contributed by atoms with van der Waals surface area (Å²) in [4.78, 5) is 0. The van der Waals surface area contributed by atoms with E-state index in [0.29, 0.717) is 5.41 Å². The molecule has 0 fully saturated rings. The molecule has 0 N–H and O–H groups in total. The number of hydrogen-bond donors (Lipinski definition) is 0. The summed E-state index contributed by atoms with van der Waals surface area (Å²) < 4.78 is 5.18. The third-order valence-corrected chi connectivity index (χ3v) is 4.18. The van der Waals surface area contributed by atoms with Crippen LogP contribution >= 0.6 is 31.9 Å². The van der Waals surface area contributed by atoms with Gasteiger partial charge in [0.15, 0.2) is 0 Å². The zero-order chi connectivity index (χ0) is 8.74. The number of ether oxygens (including phenoxy) is 1. The molecule has 0 heterocycles. The van der Waals surface area contributed by atoms with Crippen LogP contribution in [0.25, 0.3) is 0 Å². The molecule has 11 heavy (non-hydrogen) atoms. The van der Waals surface area contributed by atoms with Crippen LogP contribution in [0.1, 0.15) is 19.8 Å². The SMILES string of the molecule is CCCC(CBr)(CBr)COC. The second kappa shape index (κ2) is 6.44. The van der Waals surface area contributed by atoms with E-state index in [1.165, 1.54) is 12.8 Å². The van der Waals surface area contributed by atoms with E-state index < -0.39 is 0 Å². The maximum absolute atomic E-state index is 5.18. The van der Waals surface area contributed by atoms with Crippen molar-refractivity contribution < 1.29 is 4.74 Å². The first kappa shape index (κ1) is 11.9. The molecular formula is C8H16Br2O. The summed E-state index contributed by atoms with van der Waals surface area (Å²) in [6, 6.07) is 0. The Hall–Kier alpha value is 0.920. The molecule has 0 aromatic carbocycles. The van der Waals surface area contributed by atoms with Crippen molar-refractivity contribution in [2.45, 2.75) is 19.8 Å². The maximum Gasteiger partial charge on any atom is 0.0534 e. The van der Waals surface area contributed by atoms with Crippen LogP contribution in [0.5, 0.6) is 0 Å². The summed E-state index contributed by atoms with van der Waals surface area (Å²) in [6.45, 7) is 3.03. The third-order valence-electron chi connectivity index (χ3n) is 1.80. The Morgan fingerprint density at radius 2 is 1.82 bits per heavy atom. The Morgan fingerprint density at radius 3 is 2.09 bits per heavy atom. The van der Waals surface area contributed by atoms with Gasteiger partial charge in [-0.15, -0.1) is 0 Å². The van der Waals surface area contributed by atoms with E-state index >= 15 is 0 Å². The summed E-state index contributed by atoms with van der Waals surface area (Å²) in [7, 11) is 1.76. The fourth-order valence-corrected chi connectivity index (χ4v) is 2.97. The minimum atomic E-state index is 0.295. The molecule has 68 valence electrons. The Morgan fingerprint density at radius 1 is 1.27 bits per heavy atom. The number of methoxy groups -OCH3 is 1. The fraction of sp³-hybridized carbons (Fsp3) is 1.00. The van der Waals surface area contributed by atoms with Crippen molar-refractivity contribution in [1.29, 1.82) is 0 Å². The second-order valence-corrected chi connectivity index (χ2v) is 4.07. The molecule has 0 rings (SSSR count). The van der Waals surface area contributed by atoms with E-state index in [9.17, 15) is 0 Å². The van der Waals surface area contributed by atoms with E-state index in [1.807, 2.05) is 0 Å². The summed E-state index contributed by atoms with van der Waals surface area (Å²) in [6.07, 6.45) is 2.41. The Labute approximate surface area is 86.1 Å². The predicted molar refractivity (Wildman–Crippen MR) is 56.8 cm³/mol. The van der Waals surface area contributed by atoms with Gasteiger partial charge in [0.25, 0.3) is 0 Å². The van der Waals surface area contributed by atoms with Crippen molar-refractivity contribution in [2.24, 2.45) is 5.41 Å². The molecule has 3 heteroatoms. The molecule has 0 saturated carbocycles. The lowest BCUT2D eigenvalue weighted by molar-refractivity contribution is 0.106. The highest BCUT2D eigenvalue weighted by Crippen LogP contribution is 2.28. The molecule has 0 amide bonds. The molecule has 0 aromatic heterocycles. The lowest BCUT2D eigenvalue weighted by atomic mass is 9.89. The summed E-state index contributed by atoms with van der Waals surface area (Å²) in [5.74, 6) is 0. The molecule has 0 aromatic rings. The van der Waals surface area contributed by atoms with Crippen molar-refractivity contribution in [1.82, 2.24) is 0 Å². The van der Waals surface area contributed by atoms with Crippen molar-refractivity contribution in [2.75, 3.05) is 24.4 Å². The smallest absolute Gasteiger partial charge is 0.0534 e. The minimum Gasteiger partial charge on any atom is -0.384 e. The van der Waals surface area contributed by atoms with Crippen LogP contribution in [0.15, 0.2) is 0 Å². The van der Waals surface area contributed by atoms with Gasteiger partial charge in [-0.05, 0) is 6.42 Å². The number of halogens is 2. The second-order valence-electron chi connectivity index (χ2n) is 2.95. The average molecular weight is 288 g/mol.